The van der Waals surface area contributed by atoms with E-state index < -0.39 is 16.1 Å². The zero-order valence-corrected chi connectivity index (χ0v) is 27.1. The number of para-hydroxylation sites is 1. The third-order valence-electron chi connectivity index (χ3n) is 8.94. The van der Waals surface area contributed by atoms with Crippen molar-refractivity contribution in [1.29, 1.82) is 0 Å². The highest BCUT2D eigenvalue weighted by Gasteiger charge is 2.33. The lowest BCUT2D eigenvalue weighted by Crippen LogP contribution is -2.49. The smallest absolute Gasteiger partial charge is 0.245 e. The molecule has 0 spiro atoms. The number of aliphatic hydroxyl groups excluding tert-OH is 1. The fourth-order valence-corrected chi connectivity index (χ4v) is 8.21. The van der Waals surface area contributed by atoms with Crippen molar-refractivity contribution in [3.05, 3.63) is 58.7 Å². The number of methoxy groups -OCH3 is 1. The number of nitrogens with zero attached hydrogens (tertiary/aromatic N) is 5. The minimum atomic E-state index is -3.85. The highest BCUT2D eigenvalue weighted by atomic mass is 35.5. The van der Waals surface area contributed by atoms with Gasteiger partial charge >= 0.3 is 0 Å². The van der Waals surface area contributed by atoms with E-state index in [1.165, 1.54) is 27.7 Å². The number of anilines is 4. The third-order valence-corrected chi connectivity index (χ3v) is 11.1. The maximum atomic E-state index is 13.4. The maximum Gasteiger partial charge on any atom is 0.245 e. The SMILES string of the molecule is COc1cc2c(cc1Nc1ncc(Cl)c(Nc3ccccc3S(=O)(=O)N3CCC(O)C3)n1)CCC(N1CCN(OC)CC1)CC2. The Hall–Kier alpha value is -3.04. The Morgan fingerprint density at radius 1 is 0.956 bits per heavy atom. The summed E-state index contributed by atoms with van der Waals surface area (Å²) in [5, 5.41) is 18.6. The quantitative estimate of drug-likeness (QED) is 0.290. The third kappa shape index (κ3) is 7.04. The number of nitrogens with one attached hydrogen (secondary N) is 2. The molecule has 3 N–H and O–H groups in total. The van der Waals surface area contributed by atoms with Gasteiger partial charge in [-0.2, -0.15) is 14.4 Å². The van der Waals surface area contributed by atoms with Gasteiger partial charge in [0.25, 0.3) is 0 Å². The lowest BCUT2D eigenvalue weighted by molar-refractivity contribution is -0.155. The van der Waals surface area contributed by atoms with E-state index >= 15 is 0 Å². The lowest BCUT2D eigenvalue weighted by Gasteiger charge is -2.38. The van der Waals surface area contributed by atoms with E-state index in [0.717, 1.165) is 57.5 Å². The average Bonchev–Trinajstić information content (AvgIpc) is 3.40. The van der Waals surface area contributed by atoms with E-state index in [1.807, 2.05) is 5.06 Å². The summed E-state index contributed by atoms with van der Waals surface area (Å²) in [6.07, 6.45) is 5.31. The van der Waals surface area contributed by atoms with Crippen molar-refractivity contribution in [3.63, 3.8) is 0 Å². The molecule has 0 radical (unpaired) electrons. The van der Waals surface area contributed by atoms with Crippen molar-refractivity contribution in [3.8, 4) is 5.75 Å². The van der Waals surface area contributed by atoms with Crippen LogP contribution in [0.1, 0.15) is 30.4 Å². The second-order valence-electron chi connectivity index (χ2n) is 11.6. The molecule has 3 aliphatic rings. The number of β-amino-alcohol motifs (C(OH)–C–C–N with tert-alkyl or cyclic N) is 1. The summed E-state index contributed by atoms with van der Waals surface area (Å²) in [6.45, 7) is 4.18. The van der Waals surface area contributed by atoms with Crippen LogP contribution >= 0.6 is 11.6 Å². The molecule has 1 aliphatic carbocycles. The molecule has 3 aromatic rings. The van der Waals surface area contributed by atoms with Gasteiger partial charge < -0.3 is 25.3 Å². The number of benzene rings is 2. The van der Waals surface area contributed by atoms with Gasteiger partial charge in [-0.1, -0.05) is 23.7 Å². The zero-order chi connectivity index (χ0) is 31.6. The van der Waals surface area contributed by atoms with Crippen LogP contribution in [-0.2, 0) is 27.7 Å². The molecule has 0 bridgehead atoms. The van der Waals surface area contributed by atoms with Gasteiger partial charge in [0.1, 0.15) is 15.7 Å². The Morgan fingerprint density at radius 2 is 1.69 bits per heavy atom. The first-order chi connectivity index (χ1) is 21.7. The van der Waals surface area contributed by atoms with Gasteiger partial charge in [-0.25, -0.2) is 13.4 Å². The summed E-state index contributed by atoms with van der Waals surface area (Å²) < 4.78 is 33.9. The van der Waals surface area contributed by atoms with Crippen molar-refractivity contribution >= 4 is 44.8 Å². The lowest BCUT2D eigenvalue weighted by atomic mass is 10.0. The highest BCUT2D eigenvalue weighted by Crippen LogP contribution is 2.36. The predicted molar refractivity (Wildman–Crippen MR) is 173 cm³/mol. The van der Waals surface area contributed by atoms with Crippen LogP contribution in [-0.4, -0.2) is 103 Å². The first kappa shape index (κ1) is 31.9. The summed E-state index contributed by atoms with van der Waals surface area (Å²) in [5.74, 6) is 1.23. The number of sulfonamides is 1. The molecule has 1 aromatic heterocycles. The largest absolute Gasteiger partial charge is 0.495 e. The van der Waals surface area contributed by atoms with E-state index in [9.17, 15) is 13.5 Å². The van der Waals surface area contributed by atoms with Crippen LogP contribution < -0.4 is 15.4 Å². The molecule has 45 heavy (non-hydrogen) atoms. The Balaban J connectivity index is 1.20. The number of hydrogen-bond acceptors (Lipinski definition) is 11. The molecule has 0 saturated carbocycles. The molecule has 2 aliphatic heterocycles. The Labute approximate surface area is 269 Å². The Bertz CT molecular complexity index is 1620. The van der Waals surface area contributed by atoms with Gasteiger partial charge in [0.15, 0.2) is 5.82 Å². The number of aryl methyl sites for hydroxylation is 2. The summed E-state index contributed by atoms with van der Waals surface area (Å²) in [6, 6.07) is 11.3. The van der Waals surface area contributed by atoms with E-state index in [2.05, 4.69) is 37.6 Å². The number of aromatic nitrogens is 2. The van der Waals surface area contributed by atoms with E-state index in [-0.39, 0.29) is 34.8 Å². The van der Waals surface area contributed by atoms with Gasteiger partial charge in [-0.15, -0.1) is 0 Å². The Kier molecular flexibility index (Phi) is 9.76. The van der Waals surface area contributed by atoms with Gasteiger partial charge in [0.05, 0.1) is 37.9 Å². The fraction of sp³-hybridized carbons (Fsp3) is 0.484. The molecule has 2 aromatic carbocycles. The number of ether oxygens (including phenoxy) is 1. The first-order valence-corrected chi connectivity index (χ1v) is 17.1. The van der Waals surface area contributed by atoms with Crippen molar-refractivity contribution < 1.29 is 23.1 Å². The summed E-state index contributed by atoms with van der Waals surface area (Å²) >= 11 is 6.48. The highest BCUT2D eigenvalue weighted by molar-refractivity contribution is 7.89. The van der Waals surface area contributed by atoms with E-state index in [4.69, 9.17) is 21.2 Å². The standard InChI is InChI=1S/C31H40ClN7O5S/c1-43-28-18-22-8-10-23(37-13-15-38(44-2)16-14-37)9-7-21(22)17-27(28)35-31-33-19-25(32)30(36-31)34-26-5-3-4-6-29(26)45(41,42)39-12-11-24(40)20-39/h3-6,17-19,23-24,40H,7-16,20H2,1-2H3,(H2,33,34,35,36). The minimum absolute atomic E-state index is 0.0631. The predicted octanol–water partition coefficient (Wildman–Crippen LogP) is 3.81. The topological polar surface area (TPSA) is 132 Å². The number of fused-ring (bicyclic) bond motifs is 1. The van der Waals surface area contributed by atoms with Crippen LogP contribution in [0.2, 0.25) is 5.02 Å². The summed E-state index contributed by atoms with van der Waals surface area (Å²) in [7, 11) is -0.466. The molecule has 0 amide bonds. The molecule has 3 heterocycles. The second-order valence-corrected chi connectivity index (χ2v) is 14.0. The normalized spacial score (nSPS) is 21.7. The molecule has 6 rings (SSSR count). The molecule has 2 fully saturated rings. The van der Waals surface area contributed by atoms with Gasteiger partial charge in [0.2, 0.25) is 16.0 Å². The number of halogens is 1. The molecule has 14 heteroatoms. The maximum absolute atomic E-state index is 13.4. The van der Waals surface area contributed by atoms with Crippen LogP contribution in [0.25, 0.3) is 0 Å². The molecule has 242 valence electrons. The van der Waals surface area contributed by atoms with Crippen LogP contribution in [0.3, 0.4) is 0 Å². The van der Waals surface area contributed by atoms with E-state index in [0.29, 0.717) is 23.9 Å². The fourth-order valence-electron chi connectivity index (χ4n) is 6.43. The van der Waals surface area contributed by atoms with Crippen molar-refractivity contribution in [2.24, 2.45) is 0 Å². The molecular weight excluding hydrogens is 618 g/mol. The summed E-state index contributed by atoms with van der Waals surface area (Å²) in [5.41, 5.74) is 3.63. The first-order valence-electron chi connectivity index (χ1n) is 15.3. The molecule has 2 atom stereocenters. The van der Waals surface area contributed by atoms with Crippen LogP contribution in [0.5, 0.6) is 5.75 Å². The number of piperazine rings is 1. The van der Waals surface area contributed by atoms with Gasteiger partial charge in [-0.05, 0) is 67.5 Å². The second kappa shape index (κ2) is 13.8. The van der Waals surface area contributed by atoms with Gasteiger partial charge in [0, 0.05) is 45.3 Å². The van der Waals surface area contributed by atoms with E-state index in [1.54, 1.807) is 32.4 Å². The minimum Gasteiger partial charge on any atom is -0.495 e. The van der Waals surface area contributed by atoms with Crippen LogP contribution in [0.15, 0.2) is 47.5 Å². The van der Waals surface area contributed by atoms with Crippen molar-refractivity contribution in [1.82, 2.24) is 24.2 Å². The number of hydrogen-bond donors (Lipinski definition) is 3. The molecule has 12 nitrogen and oxygen atoms in total. The number of rotatable bonds is 9. The zero-order valence-electron chi connectivity index (χ0n) is 25.6. The molecular formula is C31H40ClN7O5S. The Morgan fingerprint density at radius 3 is 2.38 bits per heavy atom. The number of aliphatic hydroxyl groups is 1. The monoisotopic (exact) mass is 657 g/mol. The molecule has 2 unspecified atom stereocenters. The van der Waals surface area contributed by atoms with Crippen molar-refractivity contribution in [2.75, 3.05) is 64.1 Å². The molecule has 2 saturated heterocycles. The van der Waals surface area contributed by atoms with Crippen molar-refractivity contribution in [2.45, 2.75) is 49.1 Å². The summed E-state index contributed by atoms with van der Waals surface area (Å²) in [4.78, 5) is 17.1. The number of hydroxylamine groups is 2. The van der Waals surface area contributed by atoms with Crippen LogP contribution in [0, 0.1) is 0 Å². The van der Waals surface area contributed by atoms with Crippen LogP contribution in [0.4, 0.5) is 23.1 Å². The van der Waals surface area contributed by atoms with Gasteiger partial charge in [-0.3, -0.25) is 4.90 Å². The average molecular weight is 658 g/mol.